The van der Waals surface area contributed by atoms with Crippen LogP contribution in [0.2, 0.25) is 0 Å². The van der Waals surface area contributed by atoms with Crippen molar-refractivity contribution < 1.29 is 14.2 Å². The molecule has 2 aromatic carbocycles. The quantitative estimate of drug-likeness (QED) is 0.185. The minimum Gasteiger partial charge on any atom is -0.493 e. The standard InChI is InChI=1S/C23H29N3O3S/c1-5-13-24-23(30)26-25-16-19-11-7-12-20(27-4)22(19)29-15-8-14-28-21-17(2)9-6-10-18(21)3/h5-7,9-12,16H,1,8,13-15H2,2-4H3,(H2,24,26,30)/b25-16-. The van der Waals surface area contributed by atoms with E-state index in [2.05, 4.69) is 22.4 Å². The van der Waals surface area contributed by atoms with Crippen LogP contribution in [0.4, 0.5) is 0 Å². The van der Waals surface area contributed by atoms with Crippen molar-refractivity contribution in [3.8, 4) is 17.2 Å². The summed E-state index contributed by atoms with van der Waals surface area (Å²) in [6.45, 7) is 9.34. The Morgan fingerprint density at radius 1 is 1.07 bits per heavy atom. The van der Waals surface area contributed by atoms with E-state index in [0.29, 0.717) is 36.4 Å². The Bertz CT molecular complexity index is 864. The molecule has 0 aliphatic carbocycles. The SMILES string of the molecule is C=CCNC(=S)N/N=C\c1cccc(OC)c1OCCCOc1c(C)cccc1C. The third kappa shape index (κ3) is 7.08. The van der Waals surface area contributed by atoms with Crippen LogP contribution in [0.15, 0.2) is 54.2 Å². The Balaban J connectivity index is 1.92. The van der Waals surface area contributed by atoms with E-state index in [1.165, 1.54) is 0 Å². The van der Waals surface area contributed by atoms with E-state index in [4.69, 9.17) is 26.4 Å². The van der Waals surface area contributed by atoms with Crippen molar-refractivity contribution in [2.24, 2.45) is 5.10 Å². The van der Waals surface area contributed by atoms with Gasteiger partial charge in [-0.2, -0.15) is 5.10 Å². The summed E-state index contributed by atoms with van der Waals surface area (Å²) in [6.07, 6.45) is 4.10. The third-order valence-electron chi connectivity index (χ3n) is 4.20. The molecular formula is C23H29N3O3S. The fraction of sp³-hybridized carbons (Fsp3) is 0.304. The van der Waals surface area contributed by atoms with Crippen molar-refractivity contribution in [1.29, 1.82) is 0 Å². The van der Waals surface area contributed by atoms with Gasteiger partial charge in [0, 0.05) is 18.5 Å². The smallest absolute Gasteiger partial charge is 0.187 e. The zero-order chi connectivity index (χ0) is 21.8. The molecule has 0 aliphatic rings. The fourth-order valence-corrected chi connectivity index (χ4v) is 2.88. The molecule has 2 rings (SSSR count). The first kappa shape index (κ1) is 23.2. The summed E-state index contributed by atoms with van der Waals surface area (Å²) in [7, 11) is 1.61. The molecule has 7 heteroatoms. The van der Waals surface area contributed by atoms with Gasteiger partial charge in [-0.15, -0.1) is 6.58 Å². The summed E-state index contributed by atoms with van der Waals surface area (Å²) in [4.78, 5) is 0. The Morgan fingerprint density at radius 3 is 2.40 bits per heavy atom. The molecule has 0 radical (unpaired) electrons. The highest BCUT2D eigenvalue weighted by atomic mass is 32.1. The average molecular weight is 428 g/mol. The first-order valence-corrected chi connectivity index (χ1v) is 10.1. The molecule has 0 atom stereocenters. The minimum atomic E-state index is 0.417. The van der Waals surface area contributed by atoms with Crippen LogP contribution in [0, 0.1) is 13.8 Å². The number of rotatable bonds is 11. The predicted octanol–water partition coefficient (Wildman–Crippen LogP) is 4.14. The predicted molar refractivity (Wildman–Crippen MR) is 126 cm³/mol. The van der Waals surface area contributed by atoms with E-state index >= 15 is 0 Å². The van der Waals surface area contributed by atoms with Crippen molar-refractivity contribution in [3.05, 3.63) is 65.7 Å². The third-order valence-corrected chi connectivity index (χ3v) is 4.43. The van der Waals surface area contributed by atoms with Crippen molar-refractivity contribution in [1.82, 2.24) is 10.7 Å². The lowest BCUT2D eigenvalue weighted by atomic mass is 10.1. The van der Waals surface area contributed by atoms with Crippen LogP contribution in [-0.2, 0) is 0 Å². The molecule has 0 bridgehead atoms. The summed E-state index contributed by atoms with van der Waals surface area (Å²) in [5, 5.41) is 7.52. The number of nitrogens with zero attached hydrogens (tertiary/aromatic N) is 1. The largest absolute Gasteiger partial charge is 0.493 e. The van der Waals surface area contributed by atoms with Crippen molar-refractivity contribution >= 4 is 23.5 Å². The molecule has 0 fully saturated rings. The molecule has 0 amide bonds. The molecule has 6 nitrogen and oxygen atoms in total. The fourth-order valence-electron chi connectivity index (χ4n) is 2.75. The van der Waals surface area contributed by atoms with Crippen molar-refractivity contribution in [3.63, 3.8) is 0 Å². The molecule has 0 spiro atoms. The number of hydrogen-bond acceptors (Lipinski definition) is 5. The number of methoxy groups -OCH3 is 1. The molecule has 0 heterocycles. The Kier molecular flexibility index (Phi) is 9.67. The van der Waals surface area contributed by atoms with Gasteiger partial charge in [0.2, 0.25) is 0 Å². The zero-order valence-electron chi connectivity index (χ0n) is 17.7. The summed E-state index contributed by atoms with van der Waals surface area (Å²) >= 11 is 5.12. The normalized spacial score (nSPS) is 10.5. The Morgan fingerprint density at radius 2 is 1.73 bits per heavy atom. The molecule has 0 saturated heterocycles. The zero-order valence-corrected chi connectivity index (χ0v) is 18.6. The number of para-hydroxylation sites is 2. The van der Waals surface area contributed by atoms with Crippen molar-refractivity contribution in [2.45, 2.75) is 20.3 Å². The van der Waals surface area contributed by atoms with Gasteiger partial charge in [-0.3, -0.25) is 5.43 Å². The van der Waals surface area contributed by atoms with Gasteiger partial charge < -0.3 is 19.5 Å². The highest BCUT2D eigenvalue weighted by Crippen LogP contribution is 2.30. The maximum absolute atomic E-state index is 5.99. The number of nitrogens with one attached hydrogen (secondary N) is 2. The minimum absolute atomic E-state index is 0.417. The Hall–Kier alpha value is -3.06. The van der Waals surface area contributed by atoms with Crippen LogP contribution in [0.25, 0.3) is 0 Å². The van der Waals surface area contributed by atoms with Gasteiger partial charge in [0.05, 0.1) is 26.5 Å². The van der Waals surface area contributed by atoms with E-state index in [1.54, 1.807) is 19.4 Å². The first-order valence-electron chi connectivity index (χ1n) is 9.73. The second-order valence-electron chi connectivity index (χ2n) is 6.52. The Labute approximate surface area is 183 Å². The van der Waals surface area contributed by atoms with Gasteiger partial charge in [-0.1, -0.05) is 30.3 Å². The van der Waals surface area contributed by atoms with Gasteiger partial charge in [-0.25, -0.2) is 0 Å². The molecule has 0 saturated carbocycles. The van der Waals surface area contributed by atoms with Gasteiger partial charge in [0.25, 0.3) is 0 Å². The molecule has 0 aliphatic heterocycles. The topological polar surface area (TPSA) is 64.1 Å². The number of hydrogen-bond donors (Lipinski definition) is 2. The second kappa shape index (κ2) is 12.5. The monoisotopic (exact) mass is 427 g/mol. The molecule has 30 heavy (non-hydrogen) atoms. The molecule has 2 N–H and O–H groups in total. The molecule has 160 valence electrons. The lowest BCUT2D eigenvalue weighted by Crippen LogP contribution is -2.31. The highest BCUT2D eigenvalue weighted by molar-refractivity contribution is 7.80. The van der Waals surface area contributed by atoms with E-state index in [0.717, 1.165) is 28.9 Å². The second-order valence-corrected chi connectivity index (χ2v) is 6.93. The molecular weight excluding hydrogens is 398 g/mol. The van der Waals surface area contributed by atoms with E-state index in [-0.39, 0.29) is 0 Å². The molecule has 0 unspecified atom stereocenters. The number of thiocarbonyl (C=S) groups is 1. The summed E-state index contributed by atoms with van der Waals surface area (Å²) in [5.74, 6) is 2.21. The van der Waals surface area contributed by atoms with Gasteiger partial charge >= 0.3 is 0 Å². The number of ether oxygens (including phenoxy) is 3. The van der Waals surface area contributed by atoms with Crippen LogP contribution in [0.5, 0.6) is 17.2 Å². The highest BCUT2D eigenvalue weighted by Gasteiger charge is 2.10. The lowest BCUT2D eigenvalue weighted by molar-refractivity contribution is 0.239. The number of hydrazone groups is 1. The summed E-state index contributed by atoms with van der Waals surface area (Å²) < 4.78 is 17.4. The van der Waals surface area contributed by atoms with Crippen molar-refractivity contribution in [2.75, 3.05) is 26.9 Å². The van der Waals surface area contributed by atoms with Crippen LogP contribution < -0.4 is 25.0 Å². The van der Waals surface area contributed by atoms with Gasteiger partial charge in [0.15, 0.2) is 16.6 Å². The molecule has 0 aromatic heterocycles. The molecule has 2 aromatic rings. The lowest BCUT2D eigenvalue weighted by Gasteiger charge is -2.14. The van der Waals surface area contributed by atoms with E-state index in [9.17, 15) is 0 Å². The summed E-state index contributed by atoms with van der Waals surface area (Å²) in [6, 6.07) is 11.8. The van der Waals surface area contributed by atoms with E-state index < -0.39 is 0 Å². The maximum Gasteiger partial charge on any atom is 0.187 e. The van der Waals surface area contributed by atoms with Crippen LogP contribution in [0.3, 0.4) is 0 Å². The summed E-state index contributed by atoms with van der Waals surface area (Å²) in [5.41, 5.74) is 5.81. The number of benzene rings is 2. The number of aryl methyl sites for hydroxylation is 2. The van der Waals surface area contributed by atoms with Crippen LogP contribution in [0.1, 0.15) is 23.1 Å². The van der Waals surface area contributed by atoms with Crippen LogP contribution in [-0.4, -0.2) is 38.2 Å². The van der Waals surface area contributed by atoms with Crippen LogP contribution >= 0.6 is 12.2 Å². The van der Waals surface area contributed by atoms with E-state index in [1.807, 2.05) is 50.2 Å². The first-order chi connectivity index (χ1) is 14.6. The maximum atomic E-state index is 5.99. The average Bonchev–Trinajstić information content (AvgIpc) is 2.74. The van der Waals surface area contributed by atoms with Gasteiger partial charge in [0.1, 0.15) is 5.75 Å². The van der Waals surface area contributed by atoms with Gasteiger partial charge in [-0.05, 0) is 49.3 Å².